The molecule has 4 rings (SSSR count). The van der Waals surface area contributed by atoms with Gasteiger partial charge in [0.2, 0.25) is 0 Å². The first-order valence-electron chi connectivity index (χ1n) is 9.85. The number of nitrogens with zero attached hydrogens (tertiary/aromatic N) is 4. The van der Waals surface area contributed by atoms with Gasteiger partial charge in [0.15, 0.2) is 0 Å². The van der Waals surface area contributed by atoms with Crippen molar-refractivity contribution in [3.05, 3.63) is 70.4 Å². The SMILES string of the molecule is COc1cccc(-c2cc(C(=O)N3CCCCC3)n(-c3ccc([N+](=O)[O-])cc3)n2)c1. The summed E-state index contributed by atoms with van der Waals surface area (Å²) in [6.45, 7) is 1.44. The van der Waals surface area contributed by atoms with E-state index in [2.05, 4.69) is 5.10 Å². The molecule has 0 saturated carbocycles. The largest absolute Gasteiger partial charge is 0.497 e. The molecule has 2 heterocycles. The van der Waals surface area contributed by atoms with E-state index in [0.29, 0.717) is 22.8 Å². The molecular weight excluding hydrogens is 384 g/mol. The molecule has 0 radical (unpaired) electrons. The van der Waals surface area contributed by atoms with E-state index in [4.69, 9.17) is 4.74 Å². The summed E-state index contributed by atoms with van der Waals surface area (Å²) in [7, 11) is 1.60. The third-order valence-corrected chi connectivity index (χ3v) is 5.24. The van der Waals surface area contributed by atoms with Crippen LogP contribution in [0.2, 0.25) is 0 Å². The van der Waals surface area contributed by atoms with Crippen molar-refractivity contribution in [3.8, 4) is 22.7 Å². The molecule has 8 heteroatoms. The summed E-state index contributed by atoms with van der Waals surface area (Å²) in [5.74, 6) is 0.607. The fourth-order valence-electron chi connectivity index (χ4n) is 3.63. The minimum absolute atomic E-state index is 0.0113. The zero-order valence-corrected chi connectivity index (χ0v) is 16.7. The van der Waals surface area contributed by atoms with Crippen LogP contribution in [-0.2, 0) is 0 Å². The third kappa shape index (κ3) is 3.89. The highest BCUT2D eigenvalue weighted by Gasteiger charge is 2.24. The number of methoxy groups -OCH3 is 1. The molecule has 1 amide bonds. The number of non-ortho nitro benzene ring substituents is 1. The van der Waals surface area contributed by atoms with Gasteiger partial charge in [0.05, 0.1) is 23.4 Å². The average molecular weight is 406 g/mol. The fourth-order valence-corrected chi connectivity index (χ4v) is 3.63. The van der Waals surface area contributed by atoms with Gasteiger partial charge in [-0.05, 0) is 49.6 Å². The molecule has 1 saturated heterocycles. The molecule has 0 N–H and O–H groups in total. The number of carbonyl (C=O) groups excluding carboxylic acids is 1. The molecule has 1 aromatic heterocycles. The van der Waals surface area contributed by atoms with Crippen molar-refractivity contribution in [2.75, 3.05) is 20.2 Å². The molecule has 1 aliphatic heterocycles. The number of rotatable bonds is 5. The monoisotopic (exact) mass is 406 g/mol. The summed E-state index contributed by atoms with van der Waals surface area (Å²) in [4.78, 5) is 25.7. The van der Waals surface area contributed by atoms with Crippen LogP contribution in [0.5, 0.6) is 5.75 Å². The Morgan fingerprint density at radius 3 is 2.47 bits per heavy atom. The molecule has 154 valence electrons. The zero-order chi connectivity index (χ0) is 21.1. The van der Waals surface area contributed by atoms with Gasteiger partial charge in [-0.1, -0.05) is 12.1 Å². The predicted molar refractivity (Wildman–Crippen MR) is 112 cm³/mol. The van der Waals surface area contributed by atoms with Crippen molar-refractivity contribution in [1.29, 1.82) is 0 Å². The molecule has 0 bridgehead atoms. The van der Waals surface area contributed by atoms with Crippen molar-refractivity contribution >= 4 is 11.6 Å². The molecular formula is C22H22N4O4. The molecule has 3 aromatic rings. The van der Waals surface area contributed by atoms with E-state index in [1.54, 1.807) is 30.0 Å². The number of nitro benzene ring substituents is 1. The van der Waals surface area contributed by atoms with Crippen LogP contribution < -0.4 is 4.74 Å². The second-order valence-electron chi connectivity index (χ2n) is 7.18. The van der Waals surface area contributed by atoms with E-state index in [9.17, 15) is 14.9 Å². The van der Waals surface area contributed by atoms with Crippen molar-refractivity contribution in [3.63, 3.8) is 0 Å². The molecule has 0 spiro atoms. The maximum absolute atomic E-state index is 13.3. The second kappa shape index (κ2) is 8.36. The molecule has 0 unspecified atom stereocenters. The minimum Gasteiger partial charge on any atom is -0.497 e. The lowest BCUT2D eigenvalue weighted by atomic mass is 10.1. The minimum atomic E-state index is -0.450. The van der Waals surface area contributed by atoms with E-state index in [-0.39, 0.29) is 11.6 Å². The molecule has 0 atom stereocenters. The Morgan fingerprint density at radius 2 is 1.80 bits per heavy atom. The Labute approximate surface area is 173 Å². The van der Waals surface area contributed by atoms with Crippen molar-refractivity contribution in [2.24, 2.45) is 0 Å². The van der Waals surface area contributed by atoms with E-state index in [1.807, 2.05) is 29.2 Å². The van der Waals surface area contributed by atoms with Gasteiger partial charge in [-0.15, -0.1) is 0 Å². The lowest BCUT2D eigenvalue weighted by Crippen LogP contribution is -2.36. The first-order chi connectivity index (χ1) is 14.6. The highest BCUT2D eigenvalue weighted by Crippen LogP contribution is 2.27. The standard InChI is InChI=1S/C22H22N4O4/c1-30-19-7-5-6-16(14-19)20-15-21(22(27)24-12-3-2-4-13-24)25(23-20)17-8-10-18(11-9-17)26(28)29/h5-11,14-15H,2-4,12-13H2,1H3. The summed E-state index contributed by atoms with van der Waals surface area (Å²) < 4.78 is 6.87. The quantitative estimate of drug-likeness (QED) is 0.470. The van der Waals surface area contributed by atoms with Crippen molar-refractivity contribution in [2.45, 2.75) is 19.3 Å². The van der Waals surface area contributed by atoms with Crippen LogP contribution in [0.15, 0.2) is 54.6 Å². The number of piperidine rings is 1. The summed E-state index contributed by atoms with van der Waals surface area (Å²) in [6.07, 6.45) is 3.10. The maximum atomic E-state index is 13.3. The smallest absolute Gasteiger partial charge is 0.272 e. The van der Waals surface area contributed by atoms with Gasteiger partial charge < -0.3 is 9.64 Å². The summed E-state index contributed by atoms with van der Waals surface area (Å²) in [5, 5.41) is 15.7. The number of likely N-dealkylation sites (tertiary alicyclic amines) is 1. The zero-order valence-electron chi connectivity index (χ0n) is 16.7. The number of hydrogen-bond acceptors (Lipinski definition) is 5. The summed E-state index contributed by atoms with van der Waals surface area (Å²) in [6, 6.07) is 15.3. The molecule has 1 aliphatic rings. The van der Waals surface area contributed by atoms with Gasteiger partial charge in [-0.2, -0.15) is 5.10 Å². The lowest BCUT2D eigenvalue weighted by molar-refractivity contribution is -0.384. The molecule has 2 aromatic carbocycles. The first-order valence-corrected chi connectivity index (χ1v) is 9.85. The molecule has 0 aliphatic carbocycles. The number of amides is 1. The fraction of sp³-hybridized carbons (Fsp3) is 0.273. The van der Waals surface area contributed by atoms with E-state index in [1.165, 1.54) is 12.1 Å². The van der Waals surface area contributed by atoms with Crippen molar-refractivity contribution < 1.29 is 14.5 Å². The van der Waals surface area contributed by atoms with Gasteiger partial charge in [-0.25, -0.2) is 4.68 Å². The molecule has 30 heavy (non-hydrogen) atoms. The van der Waals surface area contributed by atoms with Crippen LogP contribution in [0.25, 0.3) is 16.9 Å². The topological polar surface area (TPSA) is 90.5 Å². The maximum Gasteiger partial charge on any atom is 0.272 e. The number of aromatic nitrogens is 2. The van der Waals surface area contributed by atoms with Crippen LogP contribution in [-0.4, -0.2) is 45.7 Å². The van der Waals surface area contributed by atoms with Crippen LogP contribution >= 0.6 is 0 Å². The Morgan fingerprint density at radius 1 is 1.07 bits per heavy atom. The van der Waals surface area contributed by atoms with Gasteiger partial charge in [0.25, 0.3) is 11.6 Å². The van der Waals surface area contributed by atoms with E-state index in [0.717, 1.165) is 37.9 Å². The van der Waals surface area contributed by atoms with Gasteiger partial charge in [0, 0.05) is 30.8 Å². The normalized spacial score (nSPS) is 13.8. The Hall–Kier alpha value is -3.68. The lowest BCUT2D eigenvalue weighted by Gasteiger charge is -2.26. The first kappa shape index (κ1) is 19.6. The van der Waals surface area contributed by atoms with Gasteiger partial charge in [0.1, 0.15) is 11.4 Å². The third-order valence-electron chi connectivity index (χ3n) is 5.24. The highest BCUT2D eigenvalue weighted by molar-refractivity contribution is 5.94. The number of ether oxygens (including phenoxy) is 1. The average Bonchev–Trinajstić information content (AvgIpc) is 3.25. The van der Waals surface area contributed by atoms with Gasteiger partial charge >= 0.3 is 0 Å². The number of benzene rings is 2. The van der Waals surface area contributed by atoms with Crippen LogP contribution in [0.3, 0.4) is 0 Å². The van der Waals surface area contributed by atoms with Crippen molar-refractivity contribution in [1.82, 2.24) is 14.7 Å². The molecule has 8 nitrogen and oxygen atoms in total. The predicted octanol–water partition coefficient (Wildman–Crippen LogP) is 4.08. The van der Waals surface area contributed by atoms with Crippen LogP contribution in [0.4, 0.5) is 5.69 Å². The molecule has 1 fully saturated rings. The number of nitro groups is 1. The van der Waals surface area contributed by atoms with E-state index >= 15 is 0 Å². The summed E-state index contributed by atoms with van der Waals surface area (Å²) >= 11 is 0. The van der Waals surface area contributed by atoms with E-state index < -0.39 is 4.92 Å². The number of hydrogen-bond donors (Lipinski definition) is 0. The highest BCUT2D eigenvalue weighted by atomic mass is 16.6. The van der Waals surface area contributed by atoms with Crippen LogP contribution in [0, 0.1) is 10.1 Å². The second-order valence-corrected chi connectivity index (χ2v) is 7.18. The summed E-state index contributed by atoms with van der Waals surface area (Å²) in [5.41, 5.74) is 2.47. The van der Waals surface area contributed by atoms with Gasteiger partial charge in [-0.3, -0.25) is 14.9 Å². The Balaban J connectivity index is 1.78. The number of carbonyl (C=O) groups is 1. The van der Waals surface area contributed by atoms with Crippen LogP contribution in [0.1, 0.15) is 29.8 Å². The Bertz CT molecular complexity index is 1070. The Kier molecular flexibility index (Phi) is 5.47.